The van der Waals surface area contributed by atoms with Crippen molar-refractivity contribution < 1.29 is 4.79 Å². The molecular weight excluding hydrogens is 250 g/mol. The van der Waals surface area contributed by atoms with E-state index in [-0.39, 0.29) is 5.92 Å². The molecular formula is C16H19N3O. The number of Topliss-reactive ketones (excluding diaryl/α,β-unsaturated/α-hetero) is 1. The van der Waals surface area contributed by atoms with Crippen molar-refractivity contribution in [1.29, 1.82) is 0 Å². The lowest BCUT2D eigenvalue weighted by atomic mass is 9.86. The van der Waals surface area contributed by atoms with Crippen LogP contribution in [0.25, 0.3) is 5.65 Å². The van der Waals surface area contributed by atoms with Crippen molar-refractivity contribution in [2.24, 2.45) is 5.92 Å². The van der Waals surface area contributed by atoms with Gasteiger partial charge in [0.05, 0.1) is 5.69 Å². The number of aromatic nitrogens is 2. The fourth-order valence-corrected chi connectivity index (χ4v) is 3.98. The van der Waals surface area contributed by atoms with Gasteiger partial charge in [0.2, 0.25) is 0 Å². The monoisotopic (exact) mass is 269 g/mol. The van der Waals surface area contributed by atoms with E-state index in [1.165, 1.54) is 12.8 Å². The summed E-state index contributed by atoms with van der Waals surface area (Å²) in [5.41, 5.74) is 1.64. The van der Waals surface area contributed by atoms with Crippen LogP contribution in [0.4, 0.5) is 0 Å². The van der Waals surface area contributed by atoms with Gasteiger partial charge in [0, 0.05) is 30.4 Å². The fourth-order valence-electron chi connectivity index (χ4n) is 3.98. The summed E-state index contributed by atoms with van der Waals surface area (Å²) >= 11 is 0. The van der Waals surface area contributed by atoms with Crippen LogP contribution in [0.3, 0.4) is 0 Å². The second kappa shape index (κ2) is 4.42. The number of carbonyl (C=O) groups is 1. The summed E-state index contributed by atoms with van der Waals surface area (Å²) in [5, 5.41) is 0. The van der Waals surface area contributed by atoms with Gasteiger partial charge in [-0.25, -0.2) is 4.98 Å². The molecule has 2 atom stereocenters. The number of imidazole rings is 1. The Morgan fingerprint density at radius 1 is 1.25 bits per heavy atom. The van der Waals surface area contributed by atoms with Crippen LogP contribution in [0.1, 0.15) is 36.2 Å². The Morgan fingerprint density at radius 2 is 2.00 bits per heavy atom. The molecule has 0 aromatic carbocycles. The molecule has 2 aromatic rings. The summed E-state index contributed by atoms with van der Waals surface area (Å²) < 4.78 is 1.92. The quantitative estimate of drug-likeness (QED) is 0.786. The molecule has 2 aliphatic heterocycles. The van der Waals surface area contributed by atoms with Gasteiger partial charge in [-0.15, -0.1) is 0 Å². The predicted molar refractivity (Wildman–Crippen MR) is 76.8 cm³/mol. The third kappa shape index (κ3) is 1.71. The second-order valence-electron chi connectivity index (χ2n) is 6.15. The summed E-state index contributed by atoms with van der Waals surface area (Å²) in [6.45, 7) is 0. The summed E-state index contributed by atoms with van der Waals surface area (Å²) in [6, 6.07) is 7.00. The van der Waals surface area contributed by atoms with Crippen molar-refractivity contribution in [3.63, 3.8) is 0 Å². The third-order valence-electron chi connectivity index (χ3n) is 5.15. The van der Waals surface area contributed by atoms with Crippen LogP contribution in [0.2, 0.25) is 0 Å². The van der Waals surface area contributed by atoms with Gasteiger partial charge in [0.25, 0.3) is 0 Å². The minimum absolute atomic E-state index is 0.177. The van der Waals surface area contributed by atoms with Crippen LogP contribution in [-0.2, 0) is 0 Å². The summed E-state index contributed by atoms with van der Waals surface area (Å²) in [6.07, 6.45) is 8.16. The molecule has 4 nitrogen and oxygen atoms in total. The minimum Gasteiger partial charge on any atom is -0.300 e. The van der Waals surface area contributed by atoms with E-state index in [1.54, 1.807) is 6.20 Å². The number of carbonyl (C=O) groups excluding carboxylic acids is 1. The molecule has 4 heterocycles. The Balaban J connectivity index is 1.66. The van der Waals surface area contributed by atoms with Crippen molar-refractivity contribution in [2.45, 2.75) is 37.8 Å². The van der Waals surface area contributed by atoms with Crippen molar-refractivity contribution in [3.05, 3.63) is 36.3 Å². The van der Waals surface area contributed by atoms with Crippen LogP contribution in [0.5, 0.6) is 0 Å². The highest BCUT2D eigenvalue weighted by Crippen LogP contribution is 2.38. The molecule has 4 rings (SSSR count). The van der Waals surface area contributed by atoms with Crippen molar-refractivity contribution >= 4 is 11.4 Å². The Morgan fingerprint density at radius 3 is 2.75 bits per heavy atom. The van der Waals surface area contributed by atoms with Crippen LogP contribution in [0, 0.1) is 5.92 Å². The first-order chi connectivity index (χ1) is 9.74. The lowest BCUT2D eigenvalue weighted by Gasteiger charge is -2.35. The first-order valence-electron chi connectivity index (χ1n) is 7.42. The number of hydrogen-bond donors (Lipinski definition) is 0. The number of nitrogens with zero attached hydrogens (tertiary/aromatic N) is 3. The topological polar surface area (TPSA) is 37.6 Å². The number of pyridine rings is 1. The highest BCUT2D eigenvalue weighted by atomic mass is 16.1. The standard InChI is InChI=1S/C16H19N3O/c1-18-12-5-6-13(18)10-11(9-12)16(20)14-3-2-4-15-17-7-8-19(14)15/h2-4,7-8,11-13H,5-6,9-10H2,1H3. The van der Waals surface area contributed by atoms with Gasteiger partial charge < -0.3 is 4.90 Å². The van der Waals surface area contributed by atoms with E-state index in [9.17, 15) is 4.79 Å². The molecule has 0 amide bonds. The molecule has 0 aliphatic carbocycles. The smallest absolute Gasteiger partial charge is 0.182 e. The molecule has 2 bridgehead atoms. The van der Waals surface area contributed by atoms with E-state index in [2.05, 4.69) is 16.9 Å². The maximum absolute atomic E-state index is 12.9. The Kier molecular flexibility index (Phi) is 2.67. The van der Waals surface area contributed by atoms with E-state index in [1.807, 2.05) is 28.8 Å². The SMILES string of the molecule is CN1C2CCC1CC(C(=O)c1cccc3nccn13)C2. The van der Waals surface area contributed by atoms with E-state index >= 15 is 0 Å². The molecule has 2 aromatic heterocycles. The predicted octanol–water partition coefficient (Wildman–Crippen LogP) is 2.39. The number of ketones is 1. The highest BCUT2D eigenvalue weighted by Gasteiger charge is 2.41. The van der Waals surface area contributed by atoms with Gasteiger partial charge in [0.15, 0.2) is 5.78 Å². The largest absolute Gasteiger partial charge is 0.300 e. The summed E-state index contributed by atoms with van der Waals surface area (Å²) in [4.78, 5) is 19.6. The third-order valence-corrected chi connectivity index (χ3v) is 5.15. The van der Waals surface area contributed by atoms with Crippen LogP contribution < -0.4 is 0 Å². The average Bonchev–Trinajstić information content (AvgIpc) is 2.99. The molecule has 2 saturated heterocycles. The van der Waals surface area contributed by atoms with Gasteiger partial charge in [-0.3, -0.25) is 9.20 Å². The zero-order chi connectivity index (χ0) is 13.7. The fraction of sp³-hybridized carbons (Fsp3) is 0.500. The second-order valence-corrected chi connectivity index (χ2v) is 6.15. The molecule has 104 valence electrons. The van der Waals surface area contributed by atoms with Crippen molar-refractivity contribution in [1.82, 2.24) is 14.3 Å². The van der Waals surface area contributed by atoms with Gasteiger partial charge in [-0.05, 0) is 44.9 Å². The first kappa shape index (κ1) is 12.1. The van der Waals surface area contributed by atoms with Crippen LogP contribution in [0.15, 0.2) is 30.6 Å². The molecule has 20 heavy (non-hydrogen) atoms. The molecule has 0 spiro atoms. The Bertz CT molecular complexity index is 649. The number of hydrogen-bond acceptors (Lipinski definition) is 3. The maximum Gasteiger partial charge on any atom is 0.182 e. The normalized spacial score (nSPS) is 29.9. The van der Waals surface area contributed by atoms with Crippen LogP contribution in [-0.4, -0.2) is 39.2 Å². The Labute approximate surface area is 118 Å². The van der Waals surface area contributed by atoms with E-state index in [0.717, 1.165) is 24.2 Å². The van der Waals surface area contributed by atoms with Crippen molar-refractivity contribution in [2.75, 3.05) is 7.05 Å². The highest BCUT2D eigenvalue weighted by molar-refractivity contribution is 5.97. The lowest BCUT2D eigenvalue weighted by molar-refractivity contribution is 0.0761. The lowest BCUT2D eigenvalue weighted by Crippen LogP contribution is -2.42. The number of piperidine rings is 1. The van der Waals surface area contributed by atoms with Gasteiger partial charge >= 0.3 is 0 Å². The van der Waals surface area contributed by atoms with E-state index < -0.39 is 0 Å². The zero-order valence-electron chi connectivity index (χ0n) is 11.7. The summed E-state index contributed by atoms with van der Waals surface area (Å²) in [5.74, 6) is 0.468. The molecule has 2 unspecified atom stereocenters. The first-order valence-corrected chi connectivity index (χ1v) is 7.42. The minimum atomic E-state index is 0.177. The molecule has 2 fully saturated rings. The van der Waals surface area contributed by atoms with Gasteiger partial charge in [-0.2, -0.15) is 0 Å². The number of fused-ring (bicyclic) bond motifs is 3. The molecule has 0 saturated carbocycles. The maximum atomic E-state index is 12.9. The average molecular weight is 269 g/mol. The van der Waals surface area contributed by atoms with Gasteiger partial charge in [-0.1, -0.05) is 6.07 Å². The van der Waals surface area contributed by atoms with Gasteiger partial charge in [0.1, 0.15) is 5.65 Å². The van der Waals surface area contributed by atoms with E-state index in [4.69, 9.17) is 0 Å². The van der Waals surface area contributed by atoms with E-state index in [0.29, 0.717) is 17.9 Å². The Hall–Kier alpha value is -1.68. The number of rotatable bonds is 2. The van der Waals surface area contributed by atoms with Crippen molar-refractivity contribution in [3.8, 4) is 0 Å². The molecule has 2 aliphatic rings. The van der Waals surface area contributed by atoms with Crippen LogP contribution >= 0.6 is 0 Å². The molecule has 4 heteroatoms. The molecule has 0 radical (unpaired) electrons. The zero-order valence-corrected chi connectivity index (χ0v) is 11.7. The molecule has 0 N–H and O–H groups in total. The summed E-state index contributed by atoms with van der Waals surface area (Å²) in [7, 11) is 2.21.